The van der Waals surface area contributed by atoms with Crippen LogP contribution in [0.25, 0.3) is 0 Å². The van der Waals surface area contributed by atoms with Crippen LogP contribution in [0.5, 0.6) is 0 Å². The van der Waals surface area contributed by atoms with Crippen LogP contribution < -0.4 is 4.72 Å². The zero-order valence-corrected chi connectivity index (χ0v) is 14.7. The Morgan fingerprint density at radius 1 is 1.26 bits per heavy atom. The Morgan fingerprint density at radius 3 is 2.43 bits per heavy atom. The van der Waals surface area contributed by atoms with Crippen LogP contribution in [0.15, 0.2) is 30.3 Å². The van der Waals surface area contributed by atoms with Crippen LogP contribution in [0.2, 0.25) is 0 Å². The lowest BCUT2D eigenvalue weighted by Gasteiger charge is -2.33. The van der Waals surface area contributed by atoms with E-state index in [9.17, 15) is 13.5 Å². The van der Waals surface area contributed by atoms with Crippen molar-refractivity contribution in [2.75, 3.05) is 40.3 Å². The van der Waals surface area contributed by atoms with Gasteiger partial charge < -0.3 is 10.0 Å². The van der Waals surface area contributed by atoms with Crippen molar-refractivity contribution in [3.05, 3.63) is 35.9 Å². The van der Waals surface area contributed by atoms with Gasteiger partial charge in [0, 0.05) is 27.2 Å². The van der Waals surface area contributed by atoms with Gasteiger partial charge in [0.25, 0.3) is 10.2 Å². The second-order valence-electron chi connectivity index (χ2n) is 6.31. The second-order valence-corrected chi connectivity index (χ2v) is 8.28. The monoisotopic (exact) mass is 341 g/mol. The third-order valence-electron chi connectivity index (χ3n) is 4.36. The standard InChI is InChI=1S/C16H27N3O3S/c1-18(2)23(21,22)17-12-14-8-10-19(11-9-14)13-16(20)15-6-4-3-5-7-15/h3-7,14,16-17,20H,8-13H2,1-2H3. The number of rotatable bonds is 7. The van der Waals surface area contributed by atoms with E-state index in [-0.39, 0.29) is 0 Å². The maximum absolute atomic E-state index is 11.7. The molecule has 130 valence electrons. The van der Waals surface area contributed by atoms with Crippen LogP contribution in [-0.4, -0.2) is 63.0 Å². The molecule has 1 aromatic rings. The molecule has 1 saturated heterocycles. The number of aliphatic hydroxyl groups excluding tert-OH is 1. The number of aliphatic hydroxyl groups is 1. The molecule has 1 unspecified atom stereocenters. The lowest BCUT2D eigenvalue weighted by atomic mass is 9.96. The van der Waals surface area contributed by atoms with Crippen LogP contribution in [-0.2, 0) is 10.2 Å². The molecule has 0 aliphatic carbocycles. The van der Waals surface area contributed by atoms with Gasteiger partial charge in [-0.2, -0.15) is 12.7 Å². The fraction of sp³-hybridized carbons (Fsp3) is 0.625. The van der Waals surface area contributed by atoms with Crippen molar-refractivity contribution in [3.63, 3.8) is 0 Å². The van der Waals surface area contributed by atoms with Crippen LogP contribution in [0.3, 0.4) is 0 Å². The molecule has 0 saturated carbocycles. The Labute approximate surface area is 139 Å². The second kappa shape index (κ2) is 8.21. The third-order valence-corrected chi connectivity index (χ3v) is 5.85. The number of hydrogen-bond acceptors (Lipinski definition) is 4. The summed E-state index contributed by atoms with van der Waals surface area (Å²) in [5.41, 5.74) is 0.938. The SMILES string of the molecule is CN(C)S(=O)(=O)NCC1CCN(CC(O)c2ccccc2)CC1. The highest BCUT2D eigenvalue weighted by Gasteiger charge is 2.23. The van der Waals surface area contributed by atoms with E-state index in [1.165, 1.54) is 18.4 Å². The van der Waals surface area contributed by atoms with Crippen LogP contribution in [0.1, 0.15) is 24.5 Å². The molecule has 0 radical (unpaired) electrons. The largest absolute Gasteiger partial charge is 0.387 e. The van der Waals surface area contributed by atoms with Gasteiger partial charge in [0.2, 0.25) is 0 Å². The molecule has 1 atom stereocenters. The Bertz CT molecular complexity index is 569. The summed E-state index contributed by atoms with van der Waals surface area (Å²) in [6.45, 7) is 2.88. The fourth-order valence-corrected chi connectivity index (χ4v) is 3.46. The van der Waals surface area contributed by atoms with E-state index in [0.29, 0.717) is 19.0 Å². The van der Waals surface area contributed by atoms with Gasteiger partial charge in [-0.1, -0.05) is 30.3 Å². The molecule has 6 nitrogen and oxygen atoms in total. The Kier molecular flexibility index (Phi) is 6.55. The van der Waals surface area contributed by atoms with Crippen LogP contribution in [0.4, 0.5) is 0 Å². The molecule has 0 bridgehead atoms. The molecule has 1 fully saturated rings. The van der Waals surface area contributed by atoms with Crippen molar-refractivity contribution < 1.29 is 13.5 Å². The molecule has 1 aliphatic heterocycles. The fourth-order valence-electron chi connectivity index (χ4n) is 2.75. The number of piperidine rings is 1. The molecule has 1 heterocycles. The predicted octanol–water partition coefficient (Wildman–Crippen LogP) is 0.828. The highest BCUT2D eigenvalue weighted by atomic mass is 32.2. The molecule has 1 aliphatic rings. The number of β-amino-alcohol motifs (C(OH)–C–C–N with tert-alkyl or cyclic N) is 1. The molecule has 2 N–H and O–H groups in total. The minimum Gasteiger partial charge on any atom is -0.387 e. The summed E-state index contributed by atoms with van der Waals surface area (Å²) in [7, 11) is -0.289. The molecular weight excluding hydrogens is 314 g/mol. The van der Waals surface area contributed by atoms with E-state index < -0.39 is 16.3 Å². The van der Waals surface area contributed by atoms with Crippen LogP contribution >= 0.6 is 0 Å². The van der Waals surface area contributed by atoms with Gasteiger partial charge in [-0.05, 0) is 37.4 Å². The summed E-state index contributed by atoms with van der Waals surface area (Å²) in [5, 5.41) is 10.3. The molecule has 2 rings (SSSR count). The van der Waals surface area contributed by atoms with Crippen molar-refractivity contribution in [1.29, 1.82) is 0 Å². The highest BCUT2D eigenvalue weighted by molar-refractivity contribution is 7.87. The van der Waals surface area contributed by atoms with Gasteiger partial charge in [-0.3, -0.25) is 0 Å². The first-order chi connectivity index (χ1) is 10.9. The summed E-state index contributed by atoms with van der Waals surface area (Å²) in [5.74, 6) is 0.356. The minimum absolute atomic E-state index is 0.356. The Morgan fingerprint density at radius 2 is 1.87 bits per heavy atom. The zero-order chi connectivity index (χ0) is 16.9. The van der Waals surface area contributed by atoms with E-state index in [1.807, 2.05) is 30.3 Å². The van der Waals surface area contributed by atoms with Gasteiger partial charge in [-0.25, -0.2) is 4.72 Å². The predicted molar refractivity (Wildman–Crippen MR) is 91.2 cm³/mol. The quantitative estimate of drug-likeness (QED) is 0.770. The number of likely N-dealkylation sites (tertiary alicyclic amines) is 1. The number of nitrogens with one attached hydrogen (secondary N) is 1. The molecular formula is C16H27N3O3S. The number of benzene rings is 1. The van der Waals surface area contributed by atoms with Gasteiger partial charge in [0.05, 0.1) is 6.10 Å². The summed E-state index contributed by atoms with van der Waals surface area (Å²) in [6.07, 6.45) is 1.41. The van der Waals surface area contributed by atoms with E-state index >= 15 is 0 Å². The summed E-state index contributed by atoms with van der Waals surface area (Å²) in [6, 6.07) is 9.68. The summed E-state index contributed by atoms with van der Waals surface area (Å²) < 4.78 is 27.3. The number of nitrogens with zero attached hydrogens (tertiary/aromatic N) is 2. The van der Waals surface area contributed by atoms with E-state index in [2.05, 4.69) is 9.62 Å². The maximum Gasteiger partial charge on any atom is 0.278 e. The highest BCUT2D eigenvalue weighted by Crippen LogP contribution is 2.20. The molecule has 0 amide bonds. The van der Waals surface area contributed by atoms with Crippen molar-refractivity contribution >= 4 is 10.2 Å². The minimum atomic E-state index is -3.34. The normalized spacial score (nSPS) is 19.1. The maximum atomic E-state index is 11.7. The first kappa shape index (κ1) is 18.4. The van der Waals surface area contributed by atoms with E-state index in [4.69, 9.17) is 0 Å². The van der Waals surface area contributed by atoms with Crippen molar-refractivity contribution in [2.24, 2.45) is 5.92 Å². The molecule has 7 heteroatoms. The average Bonchev–Trinajstić information content (AvgIpc) is 2.55. The van der Waals surface area contributed by atoms with Gasteiger partial charge in [-0.15, -0.1) is 0 Å². The number of hydrogen-bond donors (Lipinski definition) is 2. The summed E-state index contributed by atoms with van der Waals surface area (Å²) >= 11 is 0. The molecule has 0 spiro atoms. The van der Waals surface area contributed by atoms with Crippen LogP contribution in [0, 0.1) is 5.92 Å². The average molecular weight is 341 g/mol. The first-order valence-electron chi connectivity index (χ1n) is 8.01. The first-order valence-corrected chi connectivity index (χ1v) is 9.45. The molecule has 0 aromatic heterocycles. The Balaban J connectivity index is 1.74. The lowest BCUT2D eigenvalue weighted by Crippen LogP contribution is -2.42. The van der Waals surface area contributed by atoms with Gasteiger partial charge >= 0.3 is 0 Å². The summed E-state index contributed by atoms with van der Waals surface area (Å²) in [4.78, 5) is 2.24. The van der Waals surface area contributed by atoms with Crippen molar-refractivity contribution in [2.45, 2.75) is 18.9 Å². The van der Waals surface area contributed by atoms with Crippen molar-refractivity contribution in [1.82, 2.24) is 13.9 Å². The molecule has 1 aromatic carbocycles. The Hall–Kier alpha value is -0.990. The van der Waals surface area contributed by atoms with Gasteiger partial charge in [0.1, 0.15) is 0 Å². The van der Waals surface area contributed by atoms with Crippen molar-refractivity contribution in [3.8, 4) is 0 Å². The van der Waals surface area contributed by atoms with E-state index in [1.54, 1.807) is 0 Å². The van der Waals surface area contributed by atoms with Gasteiger partial charge in [0.15, 0.2) is 0 Å². The van der Waals surface area contributed by atoms with E-state index in [0.717, 1.165) is 31.5 Å². The zero-order valence-electron chi connectivity index (χ0n) is 13.9. The molecule has 23 heavy (non-hydrogen) atoms. The smallest absolute Gasteiger partial charge is 0.278 e. The topological polar surface area (TPSA) is 72.9 Å². The lowest BCUT2D eigenvalue weighted by molar-refractivity contribution is 0.0899. The third kappa shape index (κ3) is 5.54.